The topological polar surface area (TPSA) is 45.0 Å². The van der Waals surface area contributed by atoms with Crippen LogP contribution in [0.1, 0.15) is 24.0 Å². The number of hydrogen-bond acceptors (Lipinski definition) is 3. The van der Waals surface area contributed by atoms with Gasteiger partial charge in [0.2, 0.25) is 0 Å². The smallest absolute Gasteiger partial charge is 0.122 e. The Morgan fingerprint density at radius 2 is 2.44 bits per heavy atom. The molecule has 1 fully saturated rings. The number of rotatable bonds is 3. The van der Waals surface area contributed by atoms with Gasteiger partial charge in [-0.15, -0.1) is 0 Å². The molecule has 0 aromatic heterocycles. The van der Waals surface area contributed by atoms with Crippen LogP contribution in [-0.2, 0) is 0 Å². The van der Waals surface area contributed by atoms with E-state index in [0.717, 1.165) is 17.9 Å². The van der Waals surface area contributed by atoms with Gasteiger partial charge in [0, 0.05) is 6.04 Å². The summed E-state index contributed by atoms with van der Waals surface area (Å²) in [6.45, 7) is 3.78. The van der Waals surface area contributed by atoms with Crippen LogP contribution in [-0.4, -0.2) is 19.2 Å². The molecule has 0 saturated carbocycles. The molecule has 1 saturated heterocycles. The van der Waals surface area contributed by atoms with Crippen LogP contribution in [0.3, 0.4) is 0 Å². The largest absolute Gasteiger partial charge is 0.492 e. The monoisotopic (exact) mass is 216 g/mol. The molecule has 0 bridgehead atoms. The zero-order valence-electron chi connectivity index (χ0n) is 9.49. The lowest BCUT2D eigenvalue weighted by Crippen LogP contribution is -2.28. The molecule has 0 aliphatic carbocycles. The molecule has 1 heterocycles. The summed E-state index contributed by atoms with van der Waals surface area (Å²) in [6, 6.07) is 8.14. The van der Waals surface area contributed by atoms with Gasteiger partial charge in [0.25, 0.3) is 0 Å². The van der Waals surface area contributed by atoms with Crippen molar-refractivity contribution in [3.8, 4) is 11.8 Å². The zero-order valence-corrected chi connectivity index (χ0v) is 9.49. The number of benzene rings is 1. The van der Waals surface area contributed by atoms with Gasteiger partial charge in [-0.2, -0.15) is 5.26 Å². The molecule has 1 aliphatic rings. The van der Waals surface area contributed by atoms with E-state index in [1.54, 1.807) is 6.07 Å². The Kier molecular flexibility index (Phi) is 3.43. The average Bonchev–Trinajstić information content (AvgIpc) is 2.80. The first kappa shape index (κ1) is 11.0. The van der Waals surface area contributed by atoms with E-state index >= 15 is 0 Å². The van der Waals surface area contributed by atoms with Gasteiger partial charge in [-0.25, -0.2) is 0 Å². The van der Waals surface area contributed by atoms with Crippen molar-refractivity contribution in [2.24, 2.45) is 0 Å². The normalized spacial score (nSPS) is 19.4. The van der Waals surface area contributed by atoms with Crippen molar-refractivity contribution >= 4 is 0 Å². The van der Waals surface area contributed by atoms with Crippen LogP contribution in [0, 0.1) is 18.3 Å². The van der Waals surface area contributed by atoms with E-state index < -0.39 is 0 Å². The Labute approximate surface area is 96.0 Å². The Balaban J connectivity index is 1.96. The highest BCUT2D eigenvalue weighted by Gasteiger charge is 2.14. The summed E-state index contributed by atoms with van der Waals surface area (Å²) in [6.07, 6.45) is 2.43. The first-order chi connectivity index (χ1) is 7.79. The highest BCUT2D eigenvalue weighted by molar-refractivity contribution is 5.41. The minimum absolute atomic E-state index is 0.482. The third-order valence-electron chi connectivity index (χ3n) is 2.91. The van der Waals surface area contributed by atoms with Crippen molar-refractivity contribution < 1.29 is 4.74 Å². The van der Waals surface area contributed by atoms with Crippen LogP contribution in [0.5, 0.6) is 5.75 Å². The number of ether oxygens (including phenoxy) is 1. The molecule has 3 heteroatoms. The van der Waals surface area contributed by atoms with Crippen molar-refractivity contribution in [1.82, 2.24) is 5.32 Å². The first-order valence-corrected chi connectivity index (χ1v) is 5.66. The molecule has 1 atom stereocenters. The highest BCUT2D eigenvalue weighted by atomic mass is 16.5. The lowest BCUT2D eigenvalue weighted by molar-refractivity contribution is 0.275. The molecule has 0 amide bonds. The second-order valence-electron chi connectivity index (χ2n) is 4.20. The molecule has 2 rings (SSSR count). The number of nitrogens with one attached hydrogen (secondary N) is 1. The first-order valence-electron chi connectivity index (χ1n) is 5.66. The summed E-state index contributed by atoms with van der Waals surface area (Å²) in [5, 5.41) is 12.1. The van der Waals surface area contributed by atoms with E-state index in [1.807, 2.05) is 19.1 Å². The quantitative estimate of drug-likeness (QED) is 0.840. The molecule has 1 aromatic carbocycles. The summed E-state index contributed by atoms with van der Waals surface area (Å²) in [5.74, 6) is 0.882. The van der Waals surface area contributed by atoms with E-state index in [0.29, 0.717) is 18.2 Å². The minimum Gasteiger partial charge on any atom is -0.492 e. The van der Waals surface area contributed by atoms with Crippen molar-refractivity contribution in [2.45, 2.75) is 25.8 Å². The second-order valence-corrected chi connectivity index (χ2v) is 4.20. The average molecular weight is 216 g/mol. The fourth-order valence-corrected chi connectivity index (χ4v) is 1.97. The molecule has 1 aliphatic heterocycles. The summed E-state index contributed by atoms with van der Waals surface area (Å²) in [4.78, 5) is 0. The molecular weight excluding hydrogens is 200 g/mol. The van der Waals surface area contributed by atoms with E-state index in [1.165, 1.54) is 12.8 Å². The van der Waals surface area contributed by atoms with Gasteiger partial charge >= 0.3 is 0 Å². The van der Waals surface area contributed by atoms with Crippen LogP contribution in [0.2, 0.25) is 0 Å². The number of nitriles is 1. The van der Waals surface area contributed by atoms with Gasteiger partial charge < -0.3 is 10.1 Å². The van der Waals surface area contributed by atoms with Crippen molar-refractivity contribution in [2.75, 3.05) is 13.2 Å². The minimum atomic E-state index is 0.482. The molecule has 0 spiro atoms. The number of nitrogens with zero attached hydrogens (tertiary/aromatic N) is 1. The van der Waals surface area contributed by atoms with Gasteiger partial charge in [-0.3, -0.25) is 0 Å². The Hall–Kier alpha value is -1.53. The lowest BCUT2D eigenvalue weighted by Gasteiger charge is -2.13. The third-order valence-corrected chi connectivity index (χ3v) is 2.91. The maximum Gasteiger partial charge on any atom is 0.122 e. The van der Waals surface area contributed by atoms with Crippen LogP contribution in [0.15, 0.2) is 18.2 Å². The van der Waals surface area contributed by atoms with Crippen molar-refractivity contribution in [3.63, 3.8) is 0 Å². The van der Waals surface area contributed by atoms with Crippen molar-refractivity contribution in [1.29, 1.82) is 5.26 Å². The van der Waals surface area contributed by atoms with E-state index in [4.69, 9.17) is 10.00 Å². The summed E-state index contributed by atoms with van der Waals surface area (Å²) < 4.78 is 5.75. The van der Waals surface area contributed by atoms with Crippen molar-refractivity contribution in [3.05, 3.63) is 29.3 Å². The van der Waals surface area contributed by atoms with Crippen LogP contribution < -0.4 is 10.1 Å². The molecule has 0 radical (unpaired) electrons. The van der Waals surface area contributed by atoms with Gasteiger partial charge in [-0.05, 0) is 50.1 Å². The predicted molar refractivity (Wildman–Crippen MR) is 62.4 cm³/mol. The molecule has 1 N–H and O–H groups in total. The van der Waals surface area contributed by atoms with E-state index in [-0.39, 0.29) is 0 Å². The SMILES string of the molecule is Cc1cc(C#N)ccc1OCC1CCCN1. The Bertz CT molecular complexity index is 403. The molecular formula is C13H16N2O. The van der Waals surface area contributed by atoms with Gasteiger partial charge in [-0.1, -0.05) is 0 Å². The highest BCUT2D eigenvalue weighted by Crippen LogP contribution is 2.19. The van der Waals surface area contributed by atoms with E-state index in [2.05, 4.69) is 11.4 Å². The van der Waals surface area contributed by atoms with Crippen LogP contribution >= 0.6 is 0 Å². The summed E-state index contributed by atoms with van der Waals surface area (Å²) in [5.41, 5.74) is 1.71. The molecule has 1 unspecified atom stereocenters. The Morgan fingerprint density at radius 1 is 1.56 bits per heavy atom. The third kappa shape index (κ3) is 2.53. The molecule has 3 nitrogen and oxygen atoms in total. The Morgan fingerprint density at radius 3 is 3.06 bits per heavy atom. The summed E-state index contributed by atoms with van der Waals surface area (Å²) in [7, 11) is 0. The van der Waals surface area contributed by atoms with Gasteiger partial charge in [0.15, 0.2) is 0 Å². The summed E-state index contributed by atoms with van der Waals surface area (Å²) >= 11 is 0. The molecule has 1 aromatic rings. The molecule has 84 valence electrons. The second kappa shape index (κ2) is 5.00. The number of hydrogen-bond donors (Lipinski definition) is 1. The maximum atomic E-state index is 8.75. The van der Waals surface area contributed by atoms with E-state index in [9.17, 15) is 0 Å². The fraction of sp³-hybridized carbons (Fsp3) is 0.462. The maximum absolute atomic E-state index is 8.75. The lowest BCUT2D eigenvalue weighted by atomic mass is 10.1. The van der Waals surface area contributed by atoms with Crippen LogP contribution in [0.4, 0.5) is 0 Å². The fourth-order valence-electron chi connectivity index (χ4n) is 1.97. The predicted octanol–water partition coefficient (Wildman–Crippen LogP) is 2.00. The number of aryl methyl sites for hydroxylation is 1. The molecule has 16 heavy (non-hydrogen) atoms. The zero-order chi connectivity index (χ0) is 11.4. The van der Waals surface area contributed by atoms with Crippen LogP contribution in [0.25, 0.3) is 0 Å². The van der Waals surface area contributed by atoms with Gasteiger partial charge in [0.1, 0.15) is 12.4 Å². The standard InChI is InChI=1S/C13H16N2O/c1-10-7-11(8-14)4-5-13(10)16-9-12-3-2-6-15-12/h4-5,7,12,15H,2-3,6,9H2,1H3. The van der Waals surface area contributed by atoms with Gasteiger partial charge in [0.05, 0.1) is 11.6 Å².